The summed E-state index contributed by atoms with van der Waals surface area (Å²) >= 11 is 12.4. The average Bonchev–Trinajstić information content (AvgIpc) is 3.26. The summed E-state index contributed by atoms with van der Waals surface area (Å²) in [4.78, 5) is 22.1. The van der Waals surface area contributed by atoms with Gasteiger partial charge in [-0.25, -0.2) is 4.98 Å². The summed E-state index contributed by atoms with van der Waals surface area (Å²) < 4.78 is 14.2. The van der Waals surface area contributed by atoms with Crippen molar-refractivity contribution in [1.82, 2.24) is 24.1 Å². The summed E-state index contributed by atoms with van der Waals surface area (Å²) in [5, 5.41) is 5.84. The predicted molar refractivity (Wildman–Crippen MR) is 120 cm³/mol. The van der Waals surface area contributed by atoms with E-state index in [9.17, 15) is 4.79 Å². The zero-order chi connectivity index (χ0) is 21.8. The lowest BCUT2D eigenvalue weighted by molar-refractivity contribution is 0.171. The van der Waals surface area contributed by atoms with Crippen LogP contribution < -0.4 is 15.0 Å². The van der Waals surface area contributed by atoms with Crippen molar-refractivity contribution in [3.63, 3.8) is 0 Å². The molecular formula is C22H13Cl2N5O3. The van der Waals surface area contributed by atoms with Crippen LogP contribution in [0.1, 0.15) is 0 Å². The summed E-state index contributed by atoms with van der Waals surface area (Å²) in [5.74, 6) is 2.17. The summed E-state index contributed by atoms with van der Waals surface area (Å²) in [6, 6.07) is 12.2. The fourth-order valence-electron chi connectivity index (χ4n) is 3.68. The Labute approximate surface area is 190 Å². The average molecular weight is 466 g/mol. The van der Waals surface area contributed by atoms with Crippen LogP contribution in [0.3, 0.4) is 0 Å². The van der Waals surface area contributed by atoms with Gasteiger partial charge < -0.3 is 9.47 Å². The van der Waals surface area contributed by atoms with Gasteiger partial charge in [0.2, 0.25) is 0 Å². The van der Waals surface area contributed by atoms with Crippen molar-refractivity contribution in [3.05, 3.63) is 75.3 Å². The van der Waals surface area contributed by atoms with Gasteiger partial charge in [-0.2, -0.15) is 9.50 Å². The highest BCUT2D eigenvalue weighted by Crippen LogP contribution is 2.33. The van der Waals surface area contributed by atoms with Crippen LogP contribution >= 0.6 is 23.2 Å². The van der Waals surface area contributed by atoms with E-state index < -0.39 is 0 Å². The maximum Gasteiger partial charge on any atom is 0.266 e. The lowest BCUT2D eigenvalue weighted by atomic mass is 10.2. The van der Waals surface area contributed by atoms with Crippen molar-refractivity contribution in [2.45, 2.75) is 0 Å². The SMILES string of the molecule is O=c1c2cnc3nc(-c4ccc5c(c4)OCCO5)nn3c2ccn1-c1cc(Cl)ccc1Cl. The van der Waals surface area contributed by atoms with Crippen molar-refractivity contribution in [2.75, 3.05) is 13.2 Å². The third-order valence-corrected chi connectivity index (χ3v) is 5.76. The van der Waals surface area contributed by atoms with Gasteiger partial charge in [-0.05, 0) is 42.5 Å². The zero-order valence-corrected chi connectivity index (χ0v) is 17.8. The molecule has 8 nitrogen and oxygen atoms in total. The molecule has 6 rings (SSSR count). The van der Waals surface area contributed by atoms with E-state index in [1.54, 1.807) is 35.0 Å². The molecule has 32 heavy (non-hydrogen) atoms. The molecule has 0 bridgehead atoms. The molecule has 3 aromatic heterocycles. The van der Waals surface area contributed by atoms with Gasteiger partial charge in [0.25, 0.3) is 11.3 Å². The van der Waals surface area contributed by atoms with Crippen LogP contribution in [-0.2, 0) is 0 Å². The van der Waals surface area contributed by atoms with Crippen molar-refractivity contribution in [3.8, 4) is 28.6 Å². The Morgan fingerprint density at radius 2 is 1.81 bits per heavy atom. The van der Waals surface area contributed by atoms with Gasteiger partial charge in [-0.15, -0.1) is 5.10 Å². The number of nitrogens with zero attached hydrogens (tertiary/aromatic N) is 5. The Balaban J connectivity index is 1.51. The second kappa shape index (κ2) is 7.22. The molecule has 0 unspecified atom stereocenters. The number of aromatic nitrogens is 5. The first-order chi connectivity index (χ1) is 15.6. The highest BCUT2D eigenvalue weighted by molar-refractivity contribution is 6.34. The fourth-order valence-corrected chi connectivity index (χ4v) is 4.06. The van der Waals surface area contributed by atoms with E-state index in [2.05, 4.69) is 15.1 Å². The molecule has 0 aliphatic carbocycles. The molecule has 0 amide bonds. The minimum absolute atomic E-state index is 0.294. The highest BCUT2D eigenvalue weighted by Gasteiger charge is 2.17. The van der Waals surface area contributed by atoms with Crippen LogP contribution in [-0.4, -0.2) is 37.4 Å². The van der Waals surface area contributed by atoms with Crippen molar-refractivity contribution >= 4 is 39.9 Å². The van der Waals surface area contributed by atoms with Crippen LogP contribution in [0, 0.1) is 0 Å². The number of hydrogen-bond donors (Lipinski definition) is 0. The Morgan fingerprint density at radius 3 is 2.69 bits per heavy atom. The first-order valence-electron chi connectivity index (χ1n) is 9.71. The van der Waals surface area contributed by atoms with E-state index in [4.69, 9.17) is 32.7 Å². The fraction of sp³-hybridized carbons (Fsp3) is 0.0909. The molecule has 1 aliphatic rings. The molecule has 158 valence electrons. The lowest BCUT2D eigenvalue weighted by Gasteiger charge is -2.18. The molecule has 0 atom stereocenters. The molecule has 0 fully saturated rings. The van der Waals surface area contributed by atoms with Gasteiger partial charge in [-0.1, -0.05) is 23.2 Å². The van der Waals surface area contributed by atoms with Crippen LogP contribution in [0.5, 0.6) is 11.5 Å². The Bertz CT molecular complexity index is 1590. The maximum atomic E-state index is 13.2. The molecule has 0 spiro atoms. The summed E-state index contributed by atoms with van der Waals surface area (Å²) in [6.07, 6.45) is 3.12. The summed E-state index contributed by atoms with van der Waals surface area (Å²) in [6.45, 7) is 1.01. The smallest absolute Gasteiger partial charge is 0.266 e. The molecule has 5 aromatic rings. The van der Waals surface area contributed by atoms with Crippen LogP contribution in [0.2, 0.25) is 10.0 Å². The molecule has 1 aliphatic heterocycles. The van der Waals surface area contributed by atoms with Crippen molar-refractivity contribution in [2.24, 2.45) is 0 Å². The number of hydrogen-bond acceptors (Lipinski definition) is 6. The third kappa shape index (κ3) is 2.99. The van der Waals surface area contributed by atoms with E-state index in [1.807, 2.05) is 18.2 Å². The second-order valence-electron chi connectivity index (χ2n) is 7.15. The topological polar surface area (TPSA) is 83.5 Å². The first kappa shape index (κ1) is 19.1. The zero-order valence-electron chi connectivity index (χ0n) is 16.3. The Kier molecular flexibility index (Phi) is 4.31. The van der Waals surface area contributed by atoms with Gasteiger partial charge in [0, 0.05) is 23.0 Å². The quantitative estimate of drug-likeness (QED) is 0.388. The molecule has 0 radical (unpaired) electrons. The number of ether oxygens (including phenoxy) is 2. The van der Waals surface area contributed by atoms with Crippen molar-refractivity contribution in [1.29, 1.82) is 0 Å². The van der Waals surface area contributed by atoms with Gasteiger partial charge in [-0.3, -0.25) is 9.36 Å². The summed E-state index contributed by atoms with van der Waals surface area (Å²) in [7, 11) is 0. The third-order valence-electron chi connectivity index (χ3n) is 5.20. The van der Waals surface area contributed by atoms with E-state index in [1.165, 1.54) is 10.8 Å². The molecule has 0 saturated heterocycles. The molecule has 2 aromatic carbocycles. The standard InChI is InChI=1S/C22H13Cl2N5O3/c23-13-2-3-15(24)17(10-13)28-6-5-16-14(21(28)30)11-25-22-26-20(27-29(16)22)12-1-4-18-19(9-12)32-8-7-31-18/h1-6,9-11H,7-8H2. The number of fused-ring (bicyclic) bond motifs is 4. The molecule has 4 heterocycles. The van der Waals surface area contributed by atoms with Gasteiger partial charge in [0.1, 0.15) is 13.2 Å². The van der Waals surface area contributed by atoms with E-state index in [0.29, 0.717) is 63.0 Å². The van der Waals surface area contributed by atoms with E-state index in [0.717, 1.165) is 5.56 Å². The van der Waals surface area contributed by atoms with Crippen LogP contribution in [0.25, 0.3) is 33.8 Å². The highest BCUT2D eigenvalue weighted by atomic mass is 35.5. The minimum Gasteiger partial charge on any atom is -0.486 e. The number of benzene rings is 2. The second-order valence-corrected chi connectivity index (χ2v) is 7.99. The van der Waals surface area contributed by atoms with Gasteiger partial charge in [0.15, 0.2) is 17.3 Å². The summed E-state index contributed by atoms with van der Waals surface area (Å²) in [5.41, 5.74) is 1.52. The molecule has 0 N–H and O–H groups in total. The molecular weight excluding hydrogens is 453 g/mol. The Hall–Kier alpha value is -3.62. The van der Waals surface area contributed by atoms with Crippen LogP contribution in [0.15, 0.2) is 59.7 Å². The van der Waals surface area contributed by atoms with Crippen molar-refractivity contribution < 1.29 is 9.47 Å². The molecule has 10 heteroatoms. The van der Waals surface area contributed by atoms with E-state index in [-0.39, 0.29) is 5.56 Å². The van der Waals surface area contributed by atoms with E-state index >= 15 is 0 Å². The predicted octanol–water partition coefficient (Wildman–Crippen LogP) is 4.17. The lowest BCUT2D eigenvalue weighted by Crippen LogP contribution is -2.19. The Morgan fingerprint density at radius 1 is 0.969 bits per heavy atom. The number of halogens is 2. The normalized spacial score (nSPS) is 13.1. The van der Waals surface area contributed by atoms with Gasteiger partial charge >= 0.3 is 0 Å². The maximum absolute atomic E-state index is 13.2. The first-order valence-corrected chi connectivity index (χ1v) is 10.5. The number of rotatable bonds is 2. The minimum atomic E-state index is -0.294. The van der Waals surface area contributed by atoms with Crippen LogP contribution in [0.4, 0.5) is 0 Å². The number of pyridine rings is 1. The monoisotopic (exact) mass is 465 g/mol. The largest absolute Gasteiger partial charge is 0.486 e. The van der Waals surface area contributed by atoms with Gasteiger partial charge in [0.05, 0.1) is 21.6 Å². The molecule has 0 saturated carbocycles.